The summed E-state index contributed by atoms with van der Waals surface area (Å²) >= 11 is 4.84. The van der Waals surface area contributed by atoms with Gasteiger partial charge in [-0.25, -0.2) is 0 Å². The third-order valence-electron chi connectivity index (χ3n) is 3.03. The van der Waals surface area contributed by atoms with Gasteiger partial charge in [-0.3, -0.25) is 0 Å². The predicted octanol–water partition coefficient (Wildman–Crippen LogP) is 4.97. The molecule has 0 aliphatic rings. The smallest absolute Gasteiger partial charge is 0.0727 e. The Morgan fingerprint density at radius 3 is 1.50 bits per heavy atom. The second-order valence-electron chi connectivity index (χ2n) is 4.75. The molecule has 0 aromatic carbocycles. The monoisotopic (exact) mass is 243 g/mol. The van der Waals surface area contributed by atoms with E-state index in [4.69, 9.17) is 18.0 Å². The number of hydrogen-bond acceptors (Lipinski definition) is 1. The standard InChI is InChI=1S/C14H29NS/c1-2-3-4-5-6-7-8-9-10-11-12-13-14(15)16/h2-13H2,1H3,(H2,15,16). The highest BCUT2D eigenvalue weighted by molar-refractivity contribution is 7.80. The van der Waals surface area contributed by atoms with Crippen LogP contribution < -0.4 is 5.73 Å². The van der Waals surface area contributed by atoms with E-state index in [0.717, 1.165) is 6.42 Å². The number of hydrogen-bond donors (Lipinski definition) is 1. The molecule has 96 valence electrons. The maximum atomic E-state index is 5.44. The van der Waals surface area contributed by atoms with Crippen LogP contribution in [0.1, 0.15) is 84.0 Å². The SMILES string of the molecule is CCCCCCCCCCCCCC(N)=S. The van der Waals surface area contributed by atoms with Gasteiger partial charge < -0.3 is 5.73 Å². The Morgan fingerprint density at radius 1 is 0.750 bits per heavy atom. The molecular weight excluding hydrogens is 214 g/mol. The van der Waals surface area contributed by atoms with Gasteiger partial charge >= 0.3 is 0 Å². The van der Waals surface area contributed by atoms with Gasteiger partial charge in [-0.15, -0.1) is 0 Å². The summed E-state index contributed by atoms with van der Waals surface area (Å²) in [7, 11) is 0. The van der Waals surface area contributed by atoms with E-state index in [-0.39, 0.29) is 0 Å². The molecule has 0 radical (unpaired) electrons. The second-order valence-corrected chi connectivity index (χ2v) is 5.28. The molecule has 2 heteroatoms. The average Bonchev–Trinajstić information content (AvgIpc) is 2.25. The summed E-state index contributed by atoms with van der Waals surface area (Å²) in [6.07, 6.45) is 16.1. The number of unbranched alkanes of at least 4 members (excludes halogenated alkanes) is 10. The fourth-order valence-corrected chi connectivity index (χ4v) is 2.11. The van der Waals surface area contributed by atoms with Crippen molar-refractivity contribution in [2.75, 3.05) is 0 Å². The van der Waals surface area contributed by atoms with Gasteiger partial charge in [0.15, 0.2) is 0 Å². The molecule has 0 unspecified atom stereocenters. The highest BCUT2D eigenvalue weighted by Gasteiger charge is 1.93. The first kappa shape index (κ1) is 15.9. The van der Waals surface area contributed by atoms with Crippen LogP contribution in [0, 0.1) is 0 Å². The Balaban J connectivity index is 2.90. The minimum absolute atomic E-state index is 0.677. The highest BCUT2D eigenvalue weighted by Crippen LogP contribution is 2.11. The van der Waals surface area contributed by atoms with Crippen molar-refractivity contribution in [1.82, 2.24) is 0 Å². The summed E-state index contributed by atoms with van der Waals surface area (Å²) in [5, 5.41) is 0. The third-order valence-corrected chi connectivity index (χ3v) is 3.23. The zero-order valence-electron chi connectivity index (χ0n) is 11.0. The minimum atomic E-state index is 0.677. The van der Waals surface area contributed by atoms with E-state index in [0.29, 0.717) is 4.99 Å². The molecular formula is C14H29NS. The van der Waals surface area contributed by atoms with Crippen molar-refractivity contribution in [2.45, 2.75) is 84.0 Å². The Morgan fingerprint density at radius 2 is 1.12 bits per heavy atom. The van der Waals surface area contributed by atoms with Gasteiger partial charge in [0.1, 0.15) is 0 Å². The molecule has 0 fully saturated rings. The molecule has 0 spiro atoms. The predicted molar refractivity (Wildman–Crippen MR) is 77.9 cm³/mol. The van der Waals surface area contributed by atoms with Crippen LogP contribution in [0.5, 0.6) is 0 Å². The van der Waals surface area contributed by atoms with Gasteiger partial charge in [-0.05, 0) is 12.8 Å². The fraction of sp³-hybridized carbons (Fsp3) is 0.929. The topological polar surface area (TPSA) is 26.0 Å². The van der Waals surface area contributed by atoms with E-state index < -0.39 is 0 Å². The van der Waals surface area contributed by atoms with E-state index in [1.807, 2.05) is 0 Å². The molecule has 0 aromatic heterocycles. The van der Waals surface area contributed by atoms with E-state index in [9.17, 15) is 0 Å². The van der Waals surface area contributed by atoms with E-state index >= 15 is 0 Å². The van der Waals surface area contributed by atoms with Crippen molar-refractivity contribution in [2.24, 2.45) is 5.73 Å². The molecule has 0 aliphatic heterocycles. The maximum Gasteiger partial charge on any atom is 0.0727 e. The Bertz CT molecular complexity index is 157. The number of rotatable bonds is 12. The molecule has 16 heavy (non-hydrogen) atoms. The lowest BCUT2D eigenvalue weighted by Crippen LogP contribution is -2.06. The van der Waals surface area contributed by atoms with Gasteiger partial charge in [0.25, 0.3) is 0 Å². The summed E-state index contributed by atoms with van der Waals surface area (Å²) in [4.78, 5) is 0.677. The molecule has 0 aromatic rings. The third kappa shape index (κ3) is 13.9. The lowest BCUT2D eigenvalue weighted by molar-refractivity contribution is 0.552. The van der Waals surface area contributed by atoms with Crippen molar-refractivity contribution in [3.8, 4) is 0 Å². The summed E-state index contributed by atoms with van der Waals surface area (Å²) in [6, 6.07) is 0. The van der Waals surface area contributed by atoms with Crippen LogP contribution in [-0.4, -0.2) is 4.99 Å². The summed E-state index contributed by atoms with van der Waals surface area (Å²) in [5.41, 5.74) is 5.44. The molecule has 1 nitrogen and oxygen atoms in total. The second kappa shape index (κ2) is 13.0. The normalized spacial score (nSPS) is 10.6. The fourth-order valence-electron chi connectivity index (χ4n) is 1.96. The Hall–Kier alpha value is -0.110. The van der Waals surface area contributed by atoms with Crippen LogP contribution in [0.2, 0.25) is 0 Å². The first-order valence-electron chi connectivity index (χ1n) is 7.05. The molecule has 0 saturated carbocycles. The van der Waals surface area contributed by atoms with E-state index in [2.05, 4.69) is 6.92 Å². The molecule has 0 atom stereocenters. The molecule has 0 heterocycles. The largest absolute Gasteiger partial charge is 0.393 e. The molecule has 0 rings (SSSR count). The average molecular weight is 243 g/mol. The van der Waals surface area contributed by atoms with Crippen molar-refractivity contribution in [3.63, 3.8) is 0 Å². The van der Waals surface area contributed by atoms with Crippen LogP contribution in [0.4, 0.5) is 0 Å². The first-order valence-corrected chi connectivity index (χ1v) is 7.46. The lowest BCUT2D eigenvalue weighted by atomic mass is 10.1. The van der Waals surface area contributed by atoms with Gasteiger partial charge in [-0.1, -0.05) is 83.3 Å². The van der Waals surface area contributed by atoms with E-state index in [1.54, 1.807) is 0 Å². The van der Waals surface area contributed by atoms with Crippen LogP contribution in [0.3, 0.4) is 0 Å². The summed E-state index contributed by atoms with van der Waals surface area (Å²) in [6.45, 7) is 2.27. The van der Waals surface area contributed by atoms with Gasteiger partial charge in [0.05, 0.1) is 4.99 Å². The minimum Gasteiger partial charge on any atom is -0.393 e. The Kier molecular flexibility index (Phi) is 12.9. The highest BCUT2D eigenvalue weighted by atomic mass is 32.1. The van der Waals surface area contributed by atoms with Crippen molar-refractivity contribution < 1.29 is 0 Å². The van der Waals surface area contributed by atoms with Gasteiger partial charge in [0, 0.05) is 0 Å². The lowest BCUT2D eigenvalue weighted by Gasteiger charge is -2.02. The van der Waals surface area contributed by atoms with Crippen molar-refractivity contribution in [1.29, 1.82) is 0 Å². The quantitative estimate of drug-likeness (QED) is 0.387. The zero-order valence-corrected chi connectivity index (χ0v) is 11.8. The number of thiocarbonyl (C=S) groups is 1. The van der Waals surface area contributed by atoms with Crippen LogP contribution in [-0.2, 0) is 0 Å². The van der Waals surface area contributed by atoms with Crippen LogP contribution in [0.15, 0.2) is 0 Å². The summed E-state index contributed by atoms with van der Waals surface area (Å²) in [5.74, 6) is 0. The molecule has 0 aliphatic carbocycles. The molecule has 0 bridgehead atoms. The van der Waals surface area contributed by atoms with Crippen LogP contribution >= 0.6 is 12.2 Å². The van der Waals surface area contributed by atoms with Gasteiger partial charge in [-0.2, -0.15) is 0 Å². The van der Waals surface area contributed by atoms with Crippen molar-refractivity contribution in [3.05, 3.63) is 0 Å². The molecule has 2 N–H and O–H groups in total. The molecule has 0 saturated heterocycles. The van der Waals surface area contributed by atoms with Crippen LogP contribution in [0.25, 0.3) is 0 Å². The Labute approximate surface area is 107 Å². The van der Waals surface area contributed by atoms with Gasteiger partial charge in [0.2, 0.25) is 0 Å². The first-order chi connectivity index (χ1) is 7.77. The maximum absolute atomic E-state index is 5.44. The summed E-state index contributed by atoms with van der Waals surface area (Å²) < 4.78 is 0. The zero-order chi connectivity index (χ0) is 12.1. The van der Waals surface area contributed by atoms with E-state index in [1.165, 1.54) is 70.6 Å². The number of nitrogens with two attached hydrogens (primary N) is 1. The van der Waals surface area contributed by atoms with Crippen molar-refractivity contribution >= 4 is 17.2 Å². The molecule has 0 amide bonds.